The zero-order valence-corrected chi connectivity index (χ0v) is 11.7. The van der Waals surface area contributed by atoms with E-state index in [4.69, 9.17) is 0 Å². The molecule has 2 aromatic carbocycles. The van der Waals surface area contributed by atoms with E-state index in [0.29, 0.717) is 0 Å². The van der Waals surface area contributed by atoms with Crippen molar-refractivity contribution in [3.05, 3.63) is 77.9 Å². The maximum atomic E-state index is 10.9. The van der Waals surface area contributed by atoms with Crippen LogP contribution in [0.3, 0.4) is 0 Å². The number of hydrogen-bond donors (Lipinski definition) is 1. The van der Waals surface area contributed by atoms with Crippen molar-refractivity contribution in [1.29, 1.82) is 0 Å². The molecule has 0 bridgehead atoms. The predicted molar refractivity (Wildman–Crippen MR) is 83.4 cm³/mol. The average Bonchev–Trinajstić information content (AvgIpc) is 2.95. The van der Waals surface area contributed by atoms with Gasteiger partial charge in [0.1, 0.15) is 0 Å². The van der Waals surface area contributed by atoms with E-state index in [9.17, 15) is 5.11 Å². The van der Waals surface area contributed by atoms with Gasteiger partial charge < -0.3 is 5.11 Å². The second-order valence-electron chi connectivity index (χ2n) is 5.63. The Labute approximate surface area is 120 Å². The van der Waals surface area contributed by atoms with E-state index in [1.54, 1.807) is 0 Å². The van der Waals surface area contributed by atoms with E-state index >= 15 is 0 Å². The lowest BCUT2D eigenvalue weighted by Crippen LogP contribution is -2.22. The fraction of sp³-hybridized carbons (Fsp3) is 0.263. The first-order valence-corrected chi connectivity index (χ1v) is 7.27. The number of aliphatic hydroxyl groups is 1. The van der Waals surface area contributed by atoms with Crippen LogP contribution in [0.15, 0.2) is 61.2 Å². The van der Waals surface area contributed by atoms with Crippen molar-refractivity contribution >= 4 is 5.57 Å². The van der Waals surface area contributed by atoms with Gasteiger partial charge in [-0.3, -0.25) is 0 Å². The maximum Gasteiger partial charge on any atom is 0.0902 e. The first-order chi connectivity index (χ1) is 9.71. The normalized spacial score (nSPS) is 17.1. The summed E-state index contributed by atoms with van der Waals surface area (Å²) >= 11 is 0. The number of rotatable bonds is 3. The molecule has 1 nitrogen and oxygen atoms in total. The van der Waals surface area contributed by atoms with Crippen LogP contribution in [0.5, 0.6) is 0 Å². The summed E-state index contributed by atoms with van der Waals surface area (Å²) < 4.78 is 0. The van der Waals surface area contributed by atoms with E-state index in [1.165, 1.54) is 0 Å². The monoisotopic (exact) mass is 264 g/mol. The van der Waals surface area contributed by atoms with E-state index < -0.39 is 5.60 Å². The molecule has 1 N–H and O–H groups in total. The maximum absolute atomic E-state index is 10.9. The van der Waals surface area contributed by atoms with Gasteiger partial charge in [-0.1, -0.05) is 74.0 Å². The quantitative estimate of drug-likeness (QED) is 0.864. The summed E-state index contributed by atoms with van der Waals surface area (Å²) in [5.74, 6) is 0. The van der Waals surface area contributed by atoms with Gasteiger partial charge in [0, 0.05) is 0 Å². The van der Waals surface area contributed by atoms with Crippen LogP contribution in [-0.2, 0) is 5.60 Å². The lowest BCUT2D eigenvalue weighted by molar-refractivity contribution is 0.0442. The summed E-state index contributed by atoms with van der Waals surface area (Å²) in [5.41, 5.74) is 3.53. The van der Waals surface area contributed by atoms with E-state index in [1.807, 2.05) is 30.3 Å². The Bertz CT molecular complexity index is 607. The van der Waals surface area contributed by atoms with Gasteiger partial charge in [-0.05, 0) is 35.1 Å². The molecule has 20 heavy (non-hydrogen) atoms. The molecule has 0 spiro atoms. The van der Waals surface area contributed by atoms with Crippen LogP contribution in [-0.4, -0.2) is 5.11 Å². The van der Waals surface area contributed by atoms with Gasteiger partial charge in [-0.15, -0.1) is 0 Å². The summed E-state index contributed by atoms with van der Waals surface area (Å²) in [7, 11) is 0. The molecule has 1 fully saturated rings. The van der Waals surface area contributed by atoms with Crippen LogP contribution in [0, 0.1) is 0 Å². The third kappa shape index (κ3) is 2.30. The molecule has 0 saturated heterocycles. The number of hydrogen-bond acceptors (Lipinski definition) is 1. The van der Waals surface area contributed by atoms with Crippen LogP contribution < -0.4 is 0 Å². The molecule has 1 saturated carbocycles. The molecule has 0 heterocycles. The third-order valence-corrected chi connectivity index (χ3v) is 4.31. The summed E-state index contributed by atoms with van der Waals surface area (Å²) in [6, 6.07) is 18.3. The molecule has 102 valence electrons. The Hall–Kier alpha value is -1.86. The van der Waals surface area contributed by atoms with Gasteiger partial charge in [0.15, 0.2) is 0 Å². The molecule has 2 aromatic rings. The van der Waals surface area contributed by atoms with Crippen LogP contribution >= 0.6 is 0 Å². The fourth-order valence-electron chi connectivity index (χ4n) is 3.18. The molecule has 0 unspecified atom stereocenters. The predicted octanol–water partition coefficient (Wildman–Crippen LogP) is 4.51. The number of benzene rings is 2. The first kappa shape index (κ1) is 13.1. The molecular formula is C19H20O. The van der Waals surface area contributed by atoms with Crippen molar-refractivity contribution in [1.82, 2.24) is 0 Å². The lowest BCUT2D eigenvalue weighted by Gasteiger charge is -2.26. The first-order valence-electron chi connectivity index (χ1n) is 7.27. The molecule has 1 heteroatoms. The molecule has 1 aliphatic rings. The van der Waals surface area contributed by atoms with Crippen molar-refractivity contribution < 1.29 is 5.11 Å². The second-order valence-corrected chi connectivity index (χ2v) is 5.63. The molecule has 1 aliphatic carbocycles. The van der Waals surface area contributed by atoms with Gasteiger partial charge in [-0.2, -0.15) is 0 Å². The summed E-state index contributed by atoms with van der Waals surface area (Å²) in [6.07, 6.45) is 3.91. The average molecular weight is 264 g/mol. The third-order valence-electron chi connectivity index (χ3n) is 4.31. The molecule has 0 radical (unpaired) electrons. The van der Waals surface area contributed by atoms with Crippen molar-refractivity contribution in [2.24, 2.45) is 0 Å². The SMILES string of the molecule is C=C(c1ccccc1)c1ccccc1C1(O)CCCC1. The van der Waals surface area contributed by atoms with Crippen molar-refractivity contribution in [2.75, 3.05) is 0 Å². The Morgan fingerprint density at radius 3 is 2.20 bits per heavy atom. The highest BCUT2D eigenvalue weighted by molar-refractivity contribution is 5.80. The minimum atomic E-state index is -0.672. The highest BCUT2D eigenvalue weighted by Gasteiger charge is 2.34. The van der Waals surface area contributed by atoms with Crippen molar-refractivity contribution in [3.63, 3.8) is 0 Å². The standard InChI is InChI=1S/C19H20O/c1-15(16-9-3-2-4-10-16)17-11-5-6-12-18(17)19(20)13-7-8-14-19/h2-6,9-12,20H,1,7-8,13-14H2. The summed E-state index contributed by atoms with van der Waals surface area (Å²) in [6.45, 7) is 4.25. The van der Waals surface area contributed by atoms with Crippen molar-refractivity contribution in [3.8, 4) is 0 Å². The molecule has 3 rings (SSSR count). The Morgan fingerprint density at radius 1 is 0.900 bits per heavy atom. The van der Waals surface area contributed by atoms with Crippen LogP contribution in [0.25, 0.3) is 5.57 Å². The summed E-state index contributed by atoms with van der Waals surface area (Å²) in [5, 5.41) is 10.9. The molecule has 0 atom stereocenters. The largest absolute Gasteiger partial charge is 0.385 e. The van der Waals surface area contributed by atoms with Crippen LogP contribution in [0.4, 0.5) is 0 Å². The van der Waals surface area contributed by atoms with Gasteiger partial charge in [0.25, 0.3) is 0 Å². The minimum absolute atomic E-state index is 0.672. The zero-order valence-electron chi connectivity index (χ0n) is 11.7. The fourth-order valence-corrected chi connectivity index (χ4v) is 3.18. The van der Waals surface area contributed by atoms with Gasteiger partial charge in [-0.25, -0.2) is 0 Å². The highest BCUT2D eigenvalue weighted by atomic mass is 16.3. The van der Waals surface area contributed by atoms with Crippen molar-refractivity contribution in [2.45, 2.75) is 31.3 Å². The van der Waals surface area contributed by atoms with E-state index in [0.717, 1.165) is 47.9 Å². The molecule has 0 aliphatic heterocycles. The second kappa shape index (κ2) is 5.26. The summed E-state index contributed by atoms with van der Waals surface area (Å²) in [4.78, 5) is 0. The molecule has 0 amide bonds. The van der Waals surface area contributed by atoms with E-state index in [-0.39, 0.29) is 0 Å². The van der Waals surface area contributed by atoms with Gasteiger partial charge in [0.2, 0.25) is 0 Å². The Balaban J connectivity index is 2.04. The van der Waals surface area contributed by atoms with E-state index in [2.05, 4.69) is 30.8 Å². The smallest absolute Gasteiger partial charge is 0.0902 e. The lowest BCUT2D eigenvalue weighted by atomic mass is 9.84. The molecular weight excluding hydrogens is 244 g/mol. The topological polar surface area (TPSA) is 20.2 Å². The molecule has 0 aromatic heterocycles. The van der Waals surface area contributed by atoms with Crippen LogP contribution in [0.2, 0.25) is 0 Å². The van der Waals surface area contributed by atoms with Gasteiger partial charge >= 0.3 is 0 Å². The Morgan fingerprint density at radius 2 is 1.50 bits per heavy atom. The van der Waals surface area contributed by atoms with Crippen LogP contribution in [0.1, 0.15) is 42.4 Å². The zero-order chi connectivity index (χ0) is 14.0. The Kier molecular flexibility index (Phi) is 3.45. The minimum Gasteiger partial charge on any atom is -0.385 e. The highest BCUT2D eigenvalue weighted by Crippen LogP contribution is 2.42. The van der Waals surface area contributed by atoms with Gasteiger partial charge in [0.05, 0.1) is 5.60 Å².